The highest BCUT2D eigenvalue weighted by Gasteiger charge is 2.16. The zero-order chi connectivity index (χ0) is 12.3. The molecule has 0 bridgehead atoms. The molecule has 0 heterocycles. The first-order chi connectivity index (χ1) is 7.47. The lowest BCUT2D eigenvalue weighted by atomic mass is 9.98. The highest BCUT2D eigenvalue weighted by molar-refractivity contribution is 6.31. The Bertz CT molecular complexity index is 404. The van der Waals surface area contributed by atoms with E-state index < -0.39 is 5.82 Å². The van der Waals surface area contributed by atoms with Crippen molar-refractivity contribution < 1.29 is 9.18 Å². The first-order valence-corrected chi connectivity index (χ1v) is 5.52. The van der Waals surface area contributed by atoms with Crippen molar-refractivity contribution in [2.75, 3.05) is 13.6 Å². The van der Waals surface area contributed by atoms with E-state index in [-0.39, 0.29) is 28.8 Å². The summed E-state index contributed by atoms with van der Waals surface area (Å²) in [6, 6.07) is 3.14. The van der Waals surface area contributed by atoms with Gasteiger partial charge in [-0.15, -0.1) is 0 Å². The Kier molecular flexibility index (Phi) is 4.44. The Morgan fingerprint density at radius 3 is 2.62 bits per heavy atom. The van der Waals surface area contributed by atoms with Crippen LogP contribution < -0.4 is 5.32 Å². The van der Waals surface area contributed by atoms with E-state index in [9.17, 15) is 9.18 Å². The standard InChI is InChI=1S/C12H15ClFNO/c1-7(2)8-4-9(11(16)6-15-3)12(14)10(13)5-8/h4-5,7,15H,6H2,1-3H3. The third-order valence-corrected chi connectivity index (χ3v) is 2.63. The average Bonchev–Trinajstić information content (AvgIpc) is 2.21. The second-order valence-corrected chi connectivity index (χ2v) is 4.38. The molecule has 0 aliphatic carbocycles. The molecule has 0 aromatic heterocycles. The van der Waals surface area contributed by atoms with E-state index in [4.69, 9.17) is 11.6 Å². The number of likely N-dealkylation sites (N-methyl/N-ethyl adjacent to an activating group) is 1. The van der Waals surface area contributed by atoms with Crippen molar-refractivity contribution >= 4 is 17.4 Å². The largest absolute Gasteiger partial charge is 0.313 e. The number of carbonyl (C=O) groups is 1. The SMILES string of the molecule is CNCC(=O)c1cc(C(C)C)cc(Cl)c1F. The van der Waals surface area contributed by atoms with Crippen LogP contribution in [0.15, 0.2) is 12.1 Å². The summed E-state index contributed by atoms with van der Waals surface area (Å²) in [6.07, 6.45) is 0. The lowest BCUT2D eigenvalue weighted by molar-refractivity contribution is 0.0989. The molecule has 88 valence electrons. The third kappa shape index (κ3) is 2.80. The average molecular weight is 244 g/mol. The molecule has 0 amide bonds. The molecule has 0 spiro atoms. The molecular weight excluding hydrogens is 229 g/mol. The monoisotopic (exact) mass is 243 g/mol. The number of hydrogen-bond acceptors (Lipinski definition) is 2. The Labute approximate surface area is 99.8 Å². The van der Waals surface area contributed by atoms with Crippen molar-refractivity contribution in [2.24, 2.45) is 0 Å². The van der Waals surface area contributed by atoms with E-state index in [1.54, 1.807) is 19.2 Å². The van der Waals surface area contributed by atoms with Crippen molar-refractivity contribution in [3.8, 4) is 0 Å². The van der Waals surface area contributed by atoms with E-state index >= 15 is 0 Å². The topological polar surface area (TPSA) is 29.1 Å². The maximum atomic E-state index is 13.6. The summed E-state index contributed by atoms with van der Waals surface area (Å²) in [5.41, 5.74) is 0.927. The third-order valence-electron chi connectivity index (χ3n) is 2.35. The minimum absolute atomic E-state index is 0.00523. The van der Waals surface area contributed by atoms with Crippen LogP contribution >= 0.6 is 11.6 Å². The van der Waals surface area contributed by atoms with Gasteiger partial charge in [0, 0.05) is 0 Å². The fourth-order valence-corrected chi connectivity index (χ4v) is 1.63. The van der Waals surface area contributed by atoms with E-state index in [2.05, 4.69) is 5.32 Å². The Hall–Kier alpha value is -0.930. The molecule has 2 nitrogen and oxygen atoms in total. The molecular formula is C12H15ClFNO. The van der Waals surface area contributed by atoms with E-state index in [0.717, 1.165) is 5.56 Å². The van der Waals surface area contributed by atoms with E-state index in [1.165, 1.54) is 0 Å². The quantitative estimate of drug-likeness (QED) is 0.824. The zero-order valence-corrected chi connectivity index (χ0v) is 10.4. The van der Waals surface area contributed by atoms with Crippen molar-refractivity contribution in [1.29, 1.82) is 0 Å². The molecule has 0 radical (unpaired) electrons. The molecule has 1 aromatic carbocycles. The van der Waals surface area contributed by atoms with Crippen molar-refractivity contribution in [1.82, 2.24) is 5.32 Å². The van der Waals surface area contributed by atoms with Gasteiger partial charge in [-0.2, -0.15) is 0 Å². The zero-order valence-electron chi connectivity index (χ0n) is 9.60. The number of benzene rings is 1. The smallest absolute Gasteiger partial charge is 0.179 e. The molecule has 0 saturated heterocycles. The van der Waals surface area contributed by atoms with Gasteiger partial charge in [0.15, 0.2) is 11.6 Å². The van der Waals surface area contributed by atoms with Crippen LogP contribution in [-0.4, -0.2) is 19.4 Å². The molecule has 0 saturated carbocycles. The van der Waals surface area contributed by atoms with E-state index in [1.807, 2.05) is 13.8 Å². The predicted molar refractivity (Wildman–Crippen MR) is 63.8 cm³/mol. The minimum Gasteiger partial charge on any atom is -0.313 e. The summed E-state index contributed by atoms with van der Waals surface area (Å²) >= 11 is 5.76. The van der Waals surface area contributed by atoms with E-state index in [0.29, 0.717) is 0 Å². The van der Waals surface area contributed by atoms with Gasteiger partial charge < -0.3 is 5.32 Å². The highest BCUT2D eigenvalue weighted by atomic mass is 35.5. The summed E-state index contributed by atoms with van der Waals surface area (Å²) in [5, 5.41) is 2.71. The number of carbonyl (C=O) groups excluding carboxylic acids is 1. The lowest BCUT2D eigenvalue weighted by Crippen LogP contribution is -2.20. The van der Waals surface area contributed by atoms with Crippen LogP contribution in [0, 0.1) is 5.82 Å². The van der Waals surface area contributed by atoms with Gasteiger partial charge in [-0.25, -0.2) is 4.39 Å². The van der Waals surface area contributed by atoms with Gasteiger partial charge in [0.05, 0.1) is 17.1 Å². The van der Waals surface area contributed by atoms with Gasteiger partial charge in [-0.05, 0) is 30.7 Å². The molecule has 1 aromatic rings. The van der Waals surface area contributed by atoms with Gasteiger partial charge >= 0.3 is 0 Å². The van der Waals surface area contributed by atoms with Crippen LogP contribution in [0.3, 0.4) is 0 Å². The number of ketones is 1. The molecule has 0 aliphatic heterocycles. The molecule has 16 heavy (non-hydrogen) atoms. The summed E-state index contributed by atoms with van der Waals surface area (Å²) < 4.78 is 13.6. The summed E-state index contributed by atoms with van der Waals surface area (Å²) in [5.74, 6) is -0.713. The first kappa shape index (κ1) is 13.1. The molecule has 1 rings (SSSR count). The fraction of sp³-hybridized carbons (Fsp3) is 0.417. The van der Waals surface area contributed by atoms with Crippen LogP contribution in [0.1, 0.15) is 35.7 Å². The Morgan fingerprint density at radius 2 is 2.12 bits per heavy atom. The maximum absolute atomic E-state index is 13.6. The molecule has 0 fully saturated rings. The fourth-order valence-electron chi connectivity index (χ4n) is 1.40. The Balaban J connectivity index is 3.21. The number of nitrogens with one attached hydrogen (secondary N) is 1. The normalized spacial score (nSPS) is 10.9. The van der Waals surface area contributed by atoms with Crippen LogP contribution in [0.25, 0.3) is 0 Å². The molecule has 0 atom stereocenters. The van der Waals surface area contributed by atoms with Crippen LogP contribution in [0.4, 0.5) is 4.39 Å². The summed E-state index contributed by atoms with van der Waals surface area (Å²) in [7, 11) is 1.64. The molecule has 1 N–H and O–H groups in total. The van der Waals surface area contributed by atoms with Crippen molar-refractivity contribution in [2.45, 2.75) is 19.8 Å². The molecule has 4 heteroatoms. The Morgan fingerprint density at radius 1 is 1.50 bits per heavy atom. The van der Waals surface area contributed by atoms with Crippen LogP contribution in [-0.2, 0) is 0 Å². The second-order valence-electron chi connectivity index (χ2n) is 3.97. The van der Waals surface area contributed by atoms with Crippen LogP contribution in [0.2, 0.25) is 5.02 Å². The number of hydrogen-bond donors (Lipinski definition) is 1. The van der Waals surface area contributed by atoms with Crippen molar-refractivity contribution in [3.05, 3.63) is 34.1 Å². The van der Waals surface area contributed by atoms with Gasteiger partial charge in [0.1, 0.15) is 0 Å². The number of halogens is 2. The highest BCUT2D eigenvalue weighted by Crippen LogP contribution is 2.25. The summed E-state index contributed by atoms with van der Waals surface area (Å²) in [4.78, 5) is 11.6. The first-order valence-electron chi connectivity index (χ1n) is 5.14. The number of rotatable bonds is 4. The lowest BCUT2D eigenvalue weighted by Gasteiger charge is -2.10. The minimum atomic E-state index is -0.633. The van der Waals surface area contributed by atoms with Gasteiger partial charge in [-0.1, -0.05) is 25.4 Å². The van der Waals surface area contributed by atoms with Crippen LogP contribution in [0.5, 0.6) is 0 Å². The van der Waals surface area contributed by atoms with Gasteiger partial charge in [0.25, 0.3) is 0 Å². The van der Waals surface area contributed by atoms with Gasteiger partial charge in [0.2, 0.25) is 0 Å². The predicted octanol–water partition coefficient (Wildman–Crippen LogP) is 3.00. The molecule has 0 unspecified atom stereocenters. The maximum Gasteiger partial charge on any atom is 0.179 e. The second kappa shape index (κ2) is 5.41. The van der Waals surface area contributed by atoms with Gasteiger partial charge in [-0.3, -0.25) is 4.79 Å². The number of Topliss-reactive ketones (excluding diaryl/α,β-unsaturated/α-hetero) is 1. The molecule has 0 aliphatic rings. The van der Waals surface area contributed by atoms with Crippen molar-refractivity contribution in [3.63, 3.8) is 0 Å². The summed E-state index contributed by atoms with van der Waals surface area (Å²) in [6.45, 7) is 4.04.